The zero-order chi connectivity index (χ0) is 19.3. The molecule has 8 nitrogen and oxygen atoms in total. The van der Waals surface area contributed by atoms with Gasteiger partial charge in [-0.15, -0.1) is 5.10 Å². The first-order valence-corrected chi connectivity index (χ1v) is 9.32. The van der Waals surface area contributed by atoms with Crippen LogP contribution in [0.4, 0.5) is 11.5 Å². The average molecular weight is 379 g/mol. The van der Waals surface area contributed by atoms with Crippen molar-refractivity contribution in [1.82, 2.24) is 14.6 Å². The van der Waals surface area contributed by atoms with E-state index >= 15 is 0 Å². The number of rotatable bonds is 3. The number of piperidine rings is 1. The molecular weight excluding hydrogens is 358 g/mol. The third-order valence-electron chi connectivity index (χ3n) is 5.40. The van der Waals surface area contributed by atoms with Crippen LogP contribution in [0.5, 0.6) is 0 Å². The van der Waals surface area contributed by atoms with E-state index in [9.17, 15) is 4.79 Å². The predicted molar refractivity (Wildman–Crippen MR) is 104 cm³/mol. The number of carbonyl (C=O) groups excluding carboxylic acids is 1. The first-order valence-electron chi connectivity index (χ1n) is 9.32. The van der Waals surface area contributed by atoms with Crippen molar-refractivity contribution >= 4 is 23.0 Å². The van der Waals surface area contributed by atoms with Gasteiger partial charge in [0.15, 0.2) is 11.6 Å². The molecule has 4 heterocycles. The van der Waals surface area contributed by atoms with Gasteiger partial charge in [0.05, 0.1) is 25.4 Å². The second-order valence-corrected chi connectivity index (χ2v) is 7.39. The number of nitrogens with two attached hydrogens (primary N) is 1. The summed E-state index contributed by atoms with van der Waals surface area (Å²) in [4.78, 5) is 19.2. The van der Waals surface area contributed by atoms with E-state index in [1.807, 2.05) is 24.3 Å². The van der Waals surface area contributed by atoms with Gasteiger partial charge in [-0.3, -0.25) is 0 Å². The average Bonchev–Trinajstić information content (AvgIpc) is 3.29. The number of nitrogens with zero attached hydrogens (tertiary/aromatic N) is 4. The van der Waals surface area contributed by atoms with E-state index in [1.54, 1.807) is 16.8 Å². The van der Waals surface area contributed by atoms with E-state index < -0.39 is 5.97 Å². The third-order valence-corrected chi connectivity index (χ3v) is 5.40. The first kappa shape index (κ1) is 17.0. The maximum atomic E-state index is 12.0. The van der Waals surface area contributed by atoms with Crippen LogP contribution in [0.25, 0.3) is 16.9 Å². The molecule has 0 radical (unpaired) electrons. The Morgan fingerprint density at radius 2 is 2.11 bits per heavy atom. The van der Waals surface area contributed by atoms with Gasteiger partial charge in [0.25, 0.3) is 0 Å². The van der Waals surface area contributed by atoms with Crippen molar-refractivity contribution in [3.8, 4) is 11.4 Å². The number of carbonyl (C=O) groups is 1. The Bertz CT molecular complexity index is 1030. The molecule has 2 fully saturated rings. The van der Waals surface area contributed by atoms with Gasteiger partial charge < -0.3 is 20.1 Å². The number of esters is 1. The Labute approximate surface area is 161 Å². The molecule has 8 heteroatoms. The van der Waals surface area contributed by atoms with Crippen molar-refractivity contribution in [2.75, 3.05) is 37.4 Å². The van der Waals surface area contributed by atoms with Gasteiger partial charge in [-0.05, 0) is 36.8 Å². The quantitative estimate of drug-likeness (QED) is 0.549. The fourth-order valence-electron chi connectivity index (χ4n) is 4.04. The van der Waals surface area contributed by atoms with Crippen LogP contribution >= 0.6 is 0 Å². The molecule has 0 saturated carbocycles. The van der Waals surface area contributed by atoms with E-state index in [1.165, 1.54) is 7.11 Å². The lowest BCUT2D eigenvalue weighted by molar-refractivity contribution is 0.0601. The van der Waals surface area contributed by atoms with E-state index in [0.717, 1.165) is 43.0 Å². The van der Waals surface area contributed by atoms with E-state index in [-0.39, 0.29) is 6.10 Å². The van der Waals surface area contributed by atoms with Gasteiger partial charge in [0.2, 0.25) is 0 Å². The second-order valence-electron chi connectivity index (χ2n) is 7.39. The van der Waals surface area contributed by atoms with Crippen molar-refractivity contribution in [2.24, 2.45) is 5.92 Å². The minimum Gasteiger partial charge on any atom is -0.465 e. The van der Waals surface area contributed by atoms with Crippen LogP contribution < -0.4 is 10.6 Å². The Morgan fingerprint density at radius 1 is 1.29 bits per heavy atom. The highest BCUT2D eigenvalue weighted by atomic mass is 16.5. The van der Waals surface area contributed by atoms with Crippen molar-refractivity contribution in [2.45, 2.75) is 12.5 Å². The molecule has 1 aromatic carbocycles. The zero-order valence-electron chi connectivity index (χ0n) is 15.5. The highest BCUT2D eigenvalue weighted by molar-refractivity contribution is 5.92. The van der Waals surface area contributed by atoms with Crippen LogP contribution in [0.1, 0.15) is 16.8 Å². The fraction of sp³-hybridized carbons (Fsp3) is 0.350. The summed E-state index contributed by atoms with van der Waals surface area (Å²) in [5.74, 6) is 1.49. The zero-order valence-corrected chi connectivity index (χ0v) is 15.5. The number of methoxy groups -OCH3 is 1. The van der Waals surface area contributed by atoms with Crippen LogP contribution in [0.3, 0.4) is 0 Å². The van der Waals surface area contributed by atoms with Crippen molar-refractivity contribution < 1.29 is 14.3 Å². The number of fused-ring (bicyclic) bond motifs is 3. The Kier molecular flexibility index (Phi) is 3.94. The molecular formula is C20H21N5O3. The SMILES string of the molecule is COC(=O)c1cc2c(N3CC4COC(C4)C3)nc(-c3ccc(N)cc3)nn2c1. The van der Waals surface area contributed by atoms with Crippen LogP contribution in [0.15, 0.2) is 36.5 Å². The number of ether oxygens (including phenoxy) is 2. The molecule has 0 amide bonds. The lowest BCUT2D eigenvalue weighted by Crippen LogP contribution is -2.40. The van der Waals surface area contributed by atoms with Gasteiger partial charge in [-0.2, -0.15) is 0 Å². The Balaban J connectivity index is 1.65. The molecule has 2 N–H and O–H groups in total. The predicted octanol–water partition coefficient (Wildman–Crippen LogP) is 1.99. The summed E-state index contributed by atoms with van der Waals surface area (Å²) in [7, 11) is 1.37. The van der Waals surface area contributed by atoms with E-state index in [2.05, 4.69) is 10.00 Å². The number of nitrogen functional groups attached to an aromatic ring is 1. The molecule has 2 bridgehead atoms. The van der Waals surface area contributed by atoms with Crippen LogP contribution in [0, 0.1) is 5.92 Å². The van der Waals surface area contributed by atoms with E-state index in [4.69, 9.17) is 20.2 Å². The van der Waals surface area contributed by atoms with Crippen LogP contribution in [0.2, 0.25) is 0 Å². The fourth-order valence-corrected chi connectivity index (χ4v) is 4.04. The first-order chi connectivity index (χ1) is 13.6. The largest absolute Gasteiger partial charge is 0.465 e. The molecule has 0 spiro atoms. The standard InChI is InChI=1S/C20H21N5O3/c1-27-20(26)14-7-17-19(24-8-12-6-16(10-24)28-11-12)22-18(23-25(17)9-14)13-2-4-15(21)5-3-13/h2-5,7,9,12,16H,6,8,10-11,21H2,1H3. The van der Waals surface area contributed by atoms with Crippen molar-refractivity contribution in [1.29, 1.82) is 0 Å². The van der Waals surface area contributed by atoms with Crippen molar-refractivity contribution in [3.63, 3.8) is 0 Å². The molecule has 2 saturated heterocycles. The maximum Gasteiger partial charge on any atom is 0.339 e. The normalized spacial score (nSPS) is 21.2. The molecule has 2 aliphatic rings. The monoisotopic (exact) mass is 379 g/mol. The summed E-state index contributed by atoms with van der Waals surface area (Å²) in [6.45, 7) is 2.45. The molecule has 28 heavy (non-hydrogen) atoms. The molecule has 0 aliphatic carbocycles. The number of hydrogen-bond donors (Lipinski definition) is 1. The molecule has 2 unspecified atom stereocenters. The summed E-state index contributed by atoms with van der Waals surface area (Å²) in [6, 6.07) is 9.23. The topological polar surface area (TPSA) is 95.0 Å². The van der Waals surface area contributed by atoms with E-state index in [0.29, 0.717) is 23.0 Å². The summed E-state index contributed by atoms with van der Waals surface area (Å²) in [5, 5.41) is 4.62. The van der Waals surface area contributed by atoms with Crippen LogP contribution in [-0.2, 0) is 9.47 Å². The second kappa shape index (κ2) is 6.49. The number of hydrogen-bond acceptors (Lipinski definition) is 7. The smallest absolute Gasteiger partial charge is 0.339 e. The summed E-state index contributed by atoms with van der Waals surface area (Å²) < 4.78 is 12.4. The Hall–Kier alpha value is -3.13. The van der Waals surface area contributed by atoms with Crippen molar-refractivity contribution in [3.05, 3.63) is 42.1 Å². The number of anilines is 2. The minimum atomic E-state index is -0.396. The van der Waals surface area contributed by atoms with Gasteiger partial charge >= 0.3 is 5.97 Å². The molecule has 2 aliphatic heterocycles. The number of aromatic nitrogens is 3. The third kappa shape index (κ3) is 2.86. The molecule has 5 rings (SSSR count). The van der Waals surface area contributed by atoms with Gasteiger partial charge in [0.1, 0.15) is 5.52 Å². The highest BCUT2D eigenvalue weighted by Gasteiger charge is 2.35. The minimum absolute atomic E-state index is 0.226. The molecule has 3 aromatic rings. The molecule has 144 valence electrons. The maximum absolute atomic E-state index is 12.0. The summed E-state index contributed by atoms with van der Waals surface area (Å²) in [5.41, 5.74) is 8.59. The van der Waals surface area contributed by atoms with Gasteiger partial charge in [-0.1, -0.05) is 0 Å². The van der Waals surface area contributed by atoms with Gasteiger partial charge in [-0.25, -0.2) is 14.3 Å². The molecule has 2 aromatic heterocycles. The summed E-state index contributed by atoms with van der Waals surface area (Å²) in [6.07, 6.45) is 3.00. The number of benzene rings is 1. The lowest BCUT2D eigenvalue weighted by Gasteiger charge is -2.31. The highest BCUT2D eigenvalue weighted by Crippen LogP contribution is 2.33. The Morgan fingerprint density at radius 3 is 2.86 bits per heavy atom. The summed E-state index contributed by atoms with van der Waals surface area (Å²) >= 11 is 0. The van der Waals surface area contributed by atoms with Crippen LogP contribution in [-0.4, -0.2) is 53.5 Å². The van der Waals surface area contributed by atoms with Gasteiger partial charge in [0, 0.05) is 36.5 Å². The molecule has 2 atom stereocenters. The lowest BCUT2D eigenvalue weighted by atomic mass is 10.0.